The lowest BCUT2D eigenvalue weighted by Gasteiger charge is -2.16. The minimum absolute atomic E-state index is 0.364. The molecule has 0 spiro atoms. The lowest BCUT2D eigenvalue weighted by molar-refractivity contribution is 0.354. The lowest BCUT2D eigenvalue weighted by atomic mass is 10.0. The highest BCUT2D eigenvalue weighted by Crippen LogP contribution is 2.40. The van der Waals surface area contributed by atoms with Crippen LogP contribution in [0.15, 0.2) is 36.4 Å². The van der Waals surface area contributed by atoms with Crippen molar-refractivity contribution in [3.05, 3.63) is 58.4 Å². The van der Waals surface area contributed by atoms with E-state index in [1.807, 2.05) is 0 Å². The van der Waals surface area contributed by atoms with Gasteiger partial charge in [0.15, 0.2) is 11.5 Å². The van der Waals surface area contributed by atoms with Crippen LogP contribution in [0.2, 0.25) is 5.02 Å². The molecule has 0 saturated heterocycles. The molecule has 2 nitrogen and oxygen atoms in total. The molecule has 1 unspecified atom stereocenters. The Balaban J connectivity index is 2.50. The molecule has 20 heavy (non-hydrogen) atoms. The molecule has 0 aromatic heterocycles. The molecule has 0 radical (unpaired) electrons. The quantitative estimate of drug-likeness (QED) is 0.753. The monoisotopic (exact) mass is 314 g/mol. The summed E-state index contributed by atoms with van der Waals surface area (Å²) in [5.41, 5.74) is 0.930. The van der Waals surface area contributed by atoms with Crippen LogP contribution in [0.4, 0.5) is 4.39 Å². The molecule has 0 amide bonds. The standard InChI is InChI=1S/C15H13Cl2FO2/c1-19-13-7-10(11(16)8-14(13)20-2)15(17)9-5-3-4-6-12(9)18/h3-8,15H,1-2H3. The van der Waals surface area contributed by atoms with Crippen molar-refractivity contribution < 1.29 is 13.9 Å². The van der Waals surface area contributed by atoms with Gasteiger partial charge in [0.25, 0.3) is 0 Å². The maximum Gasteiger partial charge on any atom is 0.162 e. The number of hydrogen-bond acceptors (Lipinski definition) is 2. The topological polar surface area (TPSA) is 18.5 Å². The molecular weight excluding hydrogens is 302 g/mol. The van der Waals surface area contributed by atoms with Crippen LogP contribution < -0.4 is 9.47 Å². The first-order valence-electron chi connectivity index (χ1n) is 5.88. The predicted octanol–water partition coefficient (Wildman–Crippen LogP) is 4.82. The largest absolute Gasteiger partial charge is 0.493 e. The second kappa shape index (κ2) is 6.33. The zero-order valence-electron chi connectivity index (χ0n) is 11.0. The second-order valence-corrected chi connectivity index (χ2v) is 4.96. The first kappa shape index (κ1) is 14.9. The Morgan fingerprint density at radius 2 is 1.60 bits per heavy atom. The fourth-order valence-corrected chi connectivity index (χ4v) is 2.59. The van der Waals surface area contributed by atoms with Crippen molar-refractivity contribution in [3.8, 4) is 11.5 Å². The molecule has 0 aliphatic heterocycles. The van der Waals surface area contributed by atoms with E-state index in [0.29, 0.717) is 27.6 Å². The van der Waals surface area contributed by atoms with Crippen molar-refractivity contribution in [2.45, 2.75) is 5.38 Å². The summed E-state index contributed by atoms with van der Waals surface area (Å²) < 4.78 is 24.2. The van der Waals surface area contributed by atoms with Crippen LogP contribution >= 0.6 is 23.2 Å². The summed E-state index contributed by atoms with van der Waals surface area (Å²) in [6.45, 7) is 0. The first-order valence-corrected chi connectivity index (χ1v) is 6.69. The van der Waals surface area contributed by atoms with Crippen LogP contribution in [0.1, 0.15) is 16.5 Å². The van der Waals surface area contributed by atoms with Crippen LogP contribution in [-0.4, -0.2) is 14.2 Å². The van der Waals surface area contributed by atoms with Crippen molar-refractivity contribution in [3.63, 3.8) is 0 Å². The van der Waals surface area contributed by atoms with Crippen LogP contribution in [0.5, 0.6) is 11.5 Å². The highest BCUT2D eigenvalue weighted by molar-refractivity contribution is 6.33. The summed E-state index contributed by atoms with van der Waals surface area (Å²) in [4.78, 5) is 0. The van der Waals surface area contributed by atoms with E-state index in [-0.39, 0.29) is 5.82 Å². The zero-order valence-corrected chi connectivity index (χ0v) is 12.5. The van der Waals surface area contributed by atoms with E-state index in [1.54, 1.807) is 30.3 Å². The average Bonchev–Trinajstić information content (AvgIpc) is 2.46. The number of rotatable bonds is 4. The summed E-state index contributed by atoms with van der Waals surface area (Å²) in [5.74, 6) is 0.617. The van der Waals surface area contributed by atoms with Crippen LogP contribution in [0, 0.1) is 5.82 Å². The van der Waals surface area contributed by atoms with Gasteiger partial charge in [0.05, 0.1) is 19.6 Å². The molecule has 0 aliphatic carbocycles. The molecule has 0 fully saturated rings. The first-order chi connectivity index (χ1) is 9.58. The third kappa shape index (κ3) is 2.84. The van der Waals surface area contributed by atoms with Crippen LogP contribution in [-0.2, 0) is 0 Å². The fourth-order valence-electron chi connectivity index (χ4n) is 1.91. The van der Waals surface area contributed by atoms with E-state index in [2.05, 4.69) is 0 Å². The number of alkyl halides is 1. The summed E-state index contributed by atoms with van der Waals surface area (Å²) in [5, 5.41) is -0.311. The van der Waals surface area contributed by atoms with Crippen molar-refractivity contribution >= 4 is 23.2 Å². The van der Waals surface area contributed by atoms with Gasteiger partial charge in [-0.3, -0.25) is 0 Å². The zero-order chi connectivity index (χ0) is 14.7. The van der Waals surface area contributed by atoms with Gasteiger partial charge in [0.1, 0.15) is 5.82 Å². The Kier molecular flexibility index (Phi) is 4.73. The molecule has 1 atom stereocenters. The van der Waals surface area contributed by atoms with Gasteiger partial charge in [-0.05, 0) is 17.7 Å². The molecule has 0 aliphatic rings. The Morgan fingerprint density at radius 3 is 2.20 bits per heavy atom. The number of hydrogen-bond donors (Lipinski definition) is 0. The van der Waals surface area contributed by atoms with Gasteiger partial charge in [-0.15, -0.1) is 11.6 Å². The Morgan fingerprint density at radius 1 is 1.00 bits per heavy atom. The van der Waals surface area contributed by atoms with Gasteiger partial charge < -0.3 is 9.47 Å². The summed E-state index contributed by atoms with van der Waals surface area (Å²) in [6.07, 6.45) is 0. The van der Waals surface area contributed by atoms with Gasteiger partial charge in [0, 0.05) is 16.7 Å². The van der Waals surface area contributed by atoms with E-state index < -0.39 is 5.38 Å². The smallest absolute Gasteiger partial charge is 0.162 e. The second-order valence-electron chi connectivity index (χ2n) is 4.11. The molecule has 0 saturated carbocycles. The van der Waals surface area contributed by atoms with Crippen molar-refractivity contribution in [1.82, 2.24) is 0 Å². The van der Waals surface area contributed by atoms with Gasteiger partial charge in [-0.1, -0.05) is 29.8 Å². The van der Waals surface area contributed by atoms with E-state index in [0.717, 1.165) is 0 Å². The van der Waals surface area contributed by atoms with Crippen molar-refractivity contribution in [1.29, 1.82) is 0 Å². The number of methoxy groups -OCH3 is 2. The highest BCUT2D eigenvalue weighted by Gasteiger charge is 2.20. The molecule has 2 rings (SSSR count). The normalized spacial score (nSPS) is 12.1. The molecule has 2 aromatic rings. The number of ether oxygens (including phenoxy) is 2. The van der Waals surface area contributed by atoms with E-state index in [4.69, 9.17) is 32.7 Å². The van der Waals surface area contributed by atoms with Gasteiger partial charge >= 0.3 is 0 Å². The predicted molar refractivity (Wildman–Crippen MR) is 78.7 cm³/mol. The highest BCUT2D eigenvalue weighted by atomic mass is 35.5. The van der Waals surface area contributed by atoms with E-state index in [9.17, 15) is 4.39 Å². The maximum absolute atomic E-state index is 13.8. The molecular formula is C15H13Cl2FO2. The van der Waals surface area contributed by atoms with E-state index in [1.165, 1.54) is 20.3 Å². The third-order valence-electron chi connectivity index (χ3n) is 2.95. The summed E-state index contributed by atoms with van der Waals surface area (Å²) in [7, 11) is 3.03. The third-order valence-corrected chi connectivity index (χ3v) is 3.75. The lowest BCUT2D eigenvalue weighted by Crippen LogP contribution is -2.00. The number of halogens is 3. The van der Waals surface area contributed by atoms with Crippen molar-refractivity contribution in [2.75, 3.05) is 14.2 Å². The fraction of sp³-hybridized carbons (Fsp3) is 0.200. The summed E-state index contributed by atoms with van der Waals surface area (Å²) in [6, 6.07) is 9.58. The average molecular weight is 315 g/mol. The Bertz CT molecular complexity index is 617. The SMILES string of the molecule is COc1cc(Cl)c(C(Cl)c2ccccc2F)cc1OC. The Labute approximate surface area is 127 Å². The molecule has 0 N–H and O–H groups in total. The van der Waals surface area contributed by atoms with E-state index >= 15 is 0 Å². The van der Waals surface area contributed by atoms with Crippen LogP contribution in [0.25, 0.3) is 0 Å². The number of benzene rings is 2. The van der Waals surface area contributed by atoms with Gasteiger partial charge in [-0.2, -0.15) is 0 Å². The molecule has 2 aromatic carbocycles. The van der Waals surface area contributed by atoms with Gasteiger partial charge in [0.2, 0.25) is 0 Å². The molecule has 0 heterocycles. The minimum Gasteiger partial charge on any atom is -0.493 e. The van der Waals surface area contributed by atoms with Crippen LogP contribution in [0.3, 0.4) is 0 Å². The molecule has 106 valence electrons. The molecule has 0 bridgehead atoms. The minimum atomic E-state index is -0.705. The van der Waals surface area contributed by atoms with Gasteiger partial charge in [-0.25, -0.2) is 4.39 Å². The summed E-state index contributed by atoms with van der Waals surface area (Å²) >= 11 is 12.5. The maximum atomic E-state index is 13.8. The Hall–Kier alpha value is -1.45. The van der Waals surface area contributed by atoms with Crippen molar-refractivity contribution in [2.24, 2.45) is 0 Å². The molecule has 5 heteroatoms.